The summed E-state index contributed by atoms with van der Waals surface area (Å²) in [6.45, 7) is 0.507. The van der Waals surface area contributed by atoms with Crippen LogP contribution in [0.5, 0.6) is 0 Å². The van der Waals surface area contributed by atoms with E-state index in [1.807, 2.05) is 0 Å². The number of likely N-dealkylation sites (N-methyl/N-ethyl adjacent to an activating group) is 1. The summed E-state index contributed by atoms with van der Waals surface area (Å²) in [6.07, 6.45) is -7.04. The van der Waals surface area contributed by atoms with Gasteiger partial charge in [-0.05, 0) is 0 Å². The van der Waals surface area contributed by atoms with Crippen LogP contribution >= 0.6 is 0 Å². The quantitative estimate of drug-likeness (QED) is 0.694. The SMILES string of the molecule is CNC(=O)[C@@H]1CO[C@@H](C(F)(F)F)N1C(C)=O. The minimum Gasteiger partial charge on any atom is -0.357 e. The summed E-state index contributed by atoms with van der Waals surface area (Å²) in [4.78, 5) is 22.8. The Balaban J connectivity index is 2.94. The van der Waals surface area contributed by atoms with Gasteiger partial charge < -0.3 is 10.1 Å². The van der Waals surface area contributed by atoms with Crippen molar-refractivity contribution < 1.29 is 27.5 Å². The molecule has 1 fully saturated rings. The van der Waals surface area contributed by atoms with E-state index in [1.165, 1.54) is 7.05 Å². The van der Waals surface area contributed by atoms with Crippen LogP contribution in [0.3, 0.4) is 0 Å². The monoisotopic (exact) mass is 240 g/mol. The maximum atomic E-state index is 12.5. The van der Waals surface area contributed by atoms with Crippen molar-refractivity contribution in [3.8, 4) is 0 Å². The van der Waals surface area contributed by atoms with Crippen molar-refractivity contribution in [3.63, 3.8) is 0 Å². The van der Waals surface area contributed by atoms with E-state index in [4.69, 9.17) is 0 Å². The molecule has 1 N–H and O–H groups in total. The molecule has 92 valence electrons. The predicted molar refractivity (Wildman–Crippen MR) is 46.2 cm³/mol. The lowest BCUT2D eigenvalue weighted by Crippen LogP contribution is -2.52. The zero-order valence-electron chi connectivity index (χ0n) is 8.67. The first-order valence-corrected chi connectivity index (χ1v) is 4.48. The van der Waals surface area contributed by atoms with Gasteiger partial charge in [0, 0.05) is 14.0 Å². The number of rotatable bonds is 1. The van der Waals surface area contributed by atoms with E-state index in [0.717, 1.165) is 6.92 Å². The molecule has 0 saturated carbocycles. The normalized spacial score (nSPS) is 25.7. The molecule has 0 spiro atoms. The third-order valence-corrected chi connectivity index (χ3v) is 2.19. The van der Waals surface area contributed by atoms with Crippen LogP contribution in [0.4, 0.5) is 13.2 Å². The number of carbonyl (C=O) groups excluding carboxylic acids is 2. The van der Waals surface area contributed by atoms with E-state index in [0.29, 0.717) is 4.90 Å². The van der Waals surface area contributed by atoms with Crippen molar-refractivity contribution in [2.24, 2.45) is 0 Å². The number of ether oxygens (including phenoxy) is 1. The fourth-order valence-corrected chi connectivity index (χ4v) is 1.51. The molecule has 0 aromatic rings. The van der Waals surface area contributed by atoms with Crippen LogP contribution in [0.2, 0.25) is 0 Å². The second-order valence-corrected chi connectivity index (χ2v) is 3.28. The van der Waals surface area contributed by atoms with Gasteiger partial charge in [0.1, 0.15) is 6.04 Å². The number of hydrogen-bond donors (Lipinski definition) is 1. The highest BCUT2D eigenvalue weighted by atomic mass is 19.4. The van der Waals surface area contributed by atoms with Crippen molar-refractivity contribution in [2.75, 3.05) is 13.7 Å². The van der Waals surface area contributed by atoms with Gasteiger partial charge in [0.15, 0.2) is 0 Å². The molecule has 16 heavy (non-hydrogen) atoms. The van der Waals surface area contributed by atoms with Crippen LogP contribution in [0.15, 0.2) is 0 Å². The third-order valence-electron chi connectivity index (χ3n) is 2.19. The first kappa shape index (κ1) is 12.8. The van der Waals surface area contributed by atoms with Crippen molar-refractivity contribution in [3.05, 3.63) is 0 Å². The Labute approximate surface area is 89.5 Å². The number of amides is 2. The fraction of sp³-hybridized carbons (Fsp3) is 0.750. The predicted octanol–water partition coefficient (Wildman–Crippen LogP) is -0.132. The number of hydrogen-bond acceptors (Lipinski definition) is 3. The van der Waals surface area contributed by atoms with Gasteiger partial charge in [-0.25, -0.2) is 0 Å². The van der Waals surface area contributed by atoms with Crippen LogP contribution in [-0.2, 0) is 14.3 Å². The Morgan fingerprint density at radius 1 is 1.44 bits per heavy atom. The molecule has 2 atom stereocenters. The summed E-state index contributed by atoms with van der Waals surface area (Å²) in [5.41, 5.74) is 0. The van der Waals surface area contributed by atoms with E-state index < -0.39 is 36.9 Å². The largest absolute Gasteiger partial charge is 0.433 e. The summed E-state index contributed by atoms with van der Waals surface area (Å²) in [6, 6.07) is -1.23. The number of halogens is 3. The topological polar surface area (TPSA) is 58.6 Å². The lowest BCUT2D eigenvalue weighted by atomic mass is 10.2. The summed E-state index contributed by atoms with van der Waals surface area (Å²) >= 11 is 0. The zero-order chi connectivity index (χ0) is 12.5. The van der Waals surface area contributed by atoms with Crippen LogP contribution in [0, 0.1) is 0 Å². The fourth-order valence-electron chi connectivity index (χ4n) is 1.51. The lowest BCUT2D eigenvalue weighted by molar-refractivity contribution is -0.239. The standard InChI is InChI=1S/C8H11F3N2O3/c1-4(14)13-5(6(15)12-2)3-16-7(13)8(9,10)11/h5,7H,3H2,1-2H3,(H,12,15)/t5-,7-/m0/s1. The molecule has 0 aromatic carbocycles. The molecule has 0 bridgehead atoms. The van der Waals surface area contributed by atoms with Gasteiger partial charge in [0.2, 0.25) is 18.0 Å². The maximum Gasteiger partial charge on any atom is 0.433 e. The number of alkyl halides is 3. The van der Waals surface area contributed by atoms with Crippen LogP contribution in [-0.4, -0.2) is 48.8 Å². The minimum absolute atomic E-state index is 0.402. The second kappa shape index (κ2) is 4.28. The zero-order valence-corrected chi connectivity index (χ0v) is 8.67. The molecule has 0 aliphatic carbocycles. The highest BCUT2D eigenvalue weighted by Crippen LogP contribution is 2.31. The molecule has 0 unspecified atom stereocenters. The molecule has 8 heteroatoms. The molecule has 1 heterocycles. The van der Waals surface area contributed by atoms with Crippen molar-refractivity contribution in [2.45, 2.75) is 25.4 Å². The van der Waals surface area contributed by atoms with Crippen molar-refractivity contribution in [1.29, 1.82) is 0 Å². The van der Waals surface area contributed by atoms with E-state index >= 15 is 0 Å². The smallest absolute Gasteiger partial charge is 0.357 e. The second-order valence-electron chi connectivity index (χ2n) is 3.28. The molecule has 1 rings (SSSR count). The van der Waals surface area contributed by atoms with Crippen LogP contribution < -0.4 is 5.32 Å². The van der Waals surface area contributed by atoms with E-state index in [9.17, 15) is 22.8 Å². The van der Waals surface area contributed by atoms with E-state index in [1.54, 1.807) is 0 Å². The number of nitrogens with zero attached hydrogens (tertiary/aromatic N) is 1. The molecule has 0 radical (unpaired) electrons. The molecule has 1 aliphatic rings. The molecular weight excluding hydrogens is 229 g/mol. The van der Waals surface area contributed by atoms with Gasteiger partial charge in [0.05, 0.1) is 6.61 Å². The average molecular weight is 240 g/mol. The van der Waals surface area contributed by atoms with Crippen molar-refractivity contribution >= 4 is 11.8 Å². The Bertz CT molecular complexity index is 305. The lowest BCUT2D eigenvalue weighted by Gasteiger charge is -2.27. The minimum atomic E-state index is -4.70. The molecule has 1 aliphatic heterocycles. The highest BCUT2D eigenvalue weighted by molar-refractivity contribution is 5.87. The molecule has 5 nitrogen and oxygen atoms in total. The van der Waals surface area contributed by atoms with Gasteiger partial charge in [0.25, 0.3) is 0 Å². The first-order valence-electron chi connectivity index (χ1n) is 4.48. The van der Waals surface area contributed by atoms with Gasteiger partial charge in [-0.3, -0.25) is 14.5 Å². The average Bonchev–Trinajstić information content (AvgIpc) is 2.59. The Morgan fingerprint density at radius 2 is 2.00 bits per heavy atom. The Kier molecular flexibility index (Phi) is 3.41. The summed E-state index contributed by atoms with van der Waals surface area (Å²) in [5.74, 6) is -1.53. The Morgan fingerprint density at radius 3 is 2.38 bits per heavy atom. The van der Waals surface area contributed by atoms with E-state index in [-0.39, 0.29) is 0 Å². The maximum absolute atomic E-state index is 12.5. The summed E-state index contributed by atoms with van der Waals surface area (Å²) < 4.78 is 41.8. The van der Waals surface area contributed by atoms with Gasteiger partial charge >= 0.3 is 6.18 Å². The molecule has 1 saturated heterocycles. The van der Waals surface area contributed by atoms with E-state index in [2.05, 4.69) is 10.1 Å². The summed E-state index contributed by atoms with van der Waals surface area (Å²) in [7, 11) is 1.28. The molecule has 2 amide bonds. The molecule has 0 aromatic heterocycles. The first-order chi connectivity index (χ1) is 7.29. The van der Waals surface area contributed by atoms with Gasteiger partial charge in [-0.1, -0.05) is 0 Å². The highest BCUT2D eigenvalue weighted by Gasteiger charge is 2.53. The van der Waals surface area contributed by atoms with Crippen molar-refractivity contribution in [1.82, 2.24) is 10.2 Å². The Hall–Kier alpha value is -1.31. The number of carbonyl (C=O) groups is 2. The van der Waals surface area contributed by atoms with Crippen LogP contribution in [0.1, 0.15) is 6.92 Å². The van der Waals surface area contributed by atoms with Crippen LogP contribution in [0.25, 0.3) is 0 Å². The summed E-state index contributed by atoms with van der Waals surface area (Å²) in [5, 5.41) is 2.18. The van der Waals surface area contributed by atoms with Gasteiger partial charge in [-0.15, -0.1) is 0 Å². The van der Waals surface area contributed by atoms with Gasteiger partial charge in [-0.2, -0.15) is 13.2 Å². The molecular formula is C8H11F3N2O3. The third kappa shape index (κ3) is 2.26. The number of nitrogens with one attached hydrogen (secondary N) is 1.